The molecule has 3 heterocycles. The first-order valence-electron chi connectivity index (χ1n) is 9.66. The Bertz CT molecular complexity index is 781. The Morgan fingerprint density at radius 2 is 1.85 bits per heavy atom. The van der Waals surface area contributed by atoms with Crippen molar-refractivity contribution in [3.63, 3.8) is 0 Å². The number of anilines is 1. The lowest BCUT2D eigenvalue weighted by molar-refractivity contribution is -0.134. The predicted octanol–water partition coefficient (Wildman–Crippen LogP) is 3.14. The molecular weight excluding hydrogens is 324 g/mol. The van der Waals surface area contributed by atoms with Crippen LogP contribution in [0.4, 0.5) is 5.69 Å². The van der Waals surface area contributed by atoms with E-state index in [0.717, 1.165) is 63.2 Å². The molecule has 2 aromatic rings. The third-order valence-electron chi connectivity index (χ3n) is 5.97. The molecule has 4 rings (SSSR count). The first-order valence-corrected chi connectivity index (χ1v) is 9.66. The van der Waals surface area contributed by atoms with Gasteiger partial charge in [0, 0.05) is 44.1 Å². The maximum absolute atomic E-state index is 13.5. The molecule has 0 aliphatic carbocycles. The number of nitrogens with zero attached hydrogens (tertiary/aromatic N) is 4. The van der Waals surface area contributed by atoms with Crippen LogP contribution in [-0.2, 0) is 18.4 Å². The Kier molecular flexibility index (Phi) is 4.57. The van der Waals surface area contributed by atoms with E-state index in [0.29, 0.717) is 5.91 Å². The molecule has 138 valence electrons. The van der Waals surface area contributed by atoms with Gasteiger partial charge in [-0.1, -0.05) is 18.2 Å². The molecule has 5 nitrogen and oxygen atoms in total. The average molecular weight is 352 g/mol. The van der Waals surface area contributed by atoms with Crippen molar-refractivity contribution in [2.45, 2.75) is 39.2 Å². The van der Waals surface area contributed by atoms with Gasteiger partial charge in [0.05, 0.1) is 11.1 Å². The Morgan fingerprint density at radius 1 is 1.12 bits per heavy atom. The van der Waals surface area contributed by atoms with Crippen LogP contribution in [0, 0.1) is 12.3 Å². The maximum Gasteiger partial charge on any atom is 0.234 e. The molecule has 1 amide bonds. The zero-order valence-electron chi connectivity index (χ0n) is 15.8. The summed E-state index contributed by atoms with van der Waals surface area (Å²) >= 11 is 0. The molecule has 1 atom stereocenters. The lowest BCUT2D eigenvalue weighted by atomic mass is 9.72. The normalized spacial score (nSPS) is 24.4. The van der Waals surface area contributed by atoms with E-state index >= 15 is 0 Å². The van der Waals surface area contributed by atoms with Gasteiger partial charge in [-0.25, -0.2) is 0 Å². The van der Waals surface area contributed by atoms with E-state index in [-0.39, 0.29) is 5.41 Å². The molecule has 2 aliphatic rings. The molecule has 2 fully saturated rings. The molecule has 1 spiro atoms. The first-order chi connectivity index (χ1) is 12.6. The zero-order valence-corrected chi connectivity index (χ0v) is 15.8. The summed E-state index contributed by atoms with van der Waals surface area (Å²) in [6.45, 7) is 5.72. The van der Waals surface area contributed by atoms with Gasteiger partial charge < -0.3 is 4.90 Å². The van der Waals surface area contributed by atoms with E-state index in [1.54, 1.807) is 0 Å². The second-order valence-corrected chi connectivity index (χ2v) is 7.90. The number of hydrogen-bond donors (Lipinski definition) is 0. The van der Waals surface area contributed by atoms with E-state index in [9.17, 15) is 4.79 Å². The van der Waals surface area contributed by atoms with Crippen LogP contribution in [0.25, 0.3) is 0 Å². The van der Waals surface area contributed by atoms with Crippen LogP contribution in [0.3, 0.4) is 0 Å². The highest BCUT2D eigenvalue weighted by molar-refractivity contribution is 5.98. The van der Waals surface area contributed by atoms with E-state index in [1.807, 2.05) is 34.8 Å². The summed E-state index contributed by atoms with van der Waals surface area (Å²) in [5.41, 5.74) is 3.18. The first kappa shape index (κ1) is 17.3. The number of piperidine rings is 2. The summed E-state index contributed by atoms with van der Waals surface area (Å²) in [6.07, 6.45) is 6.30. The number of para-hydroxylation sites is 1. The van der Waals surface area contributed by atoms with Gasteiger partial charge in [-0.3, -0.25) is 14.4 Å². The lowest BCUT2D eigenvalue weighted by Gasteiger charge is -2.47. The van der Waals surface area contributed by atoms with Crippen LogP contribution in [-0.4, -0.2) is 40.2 Å². The van der Waals surface area contributed by atoms with E-state index < -0.39 is 0 Å². The molecule has 0 bridgehead atoms. The number of hydrogen-bond acceptors (Lipinski definition) is 3. The van der Waals surface area contributed by atoms with Crippen LogP contribution in [0.5, 0.6) is 0 Å². The minimum atomic E-state index is -0.220. The van der Waals surface area contributed by atoms with E-state index in [2.05, 4.69) is 35.3 Å². The summed E-state index contributed by atoms with van der Waals surface area (Å²) in [7, 11) is 1.97. The molecule has 1 aromatic carbocycles. The van der Waals surface area contributed by atoms with Crippen molar-refractivity contribution in [1.29, 1.82) is 0 Å². The Hall–Kier alpha value is -2.14. The van der Waals surface area contributed by atoms with Gasteiger partial charge in [-0.15, -0.1) is 0 Å². The smallest absolute Gasteiger partial charge is 0.234 e. The van der Waals surface area contributed by atoms with Crippen molar-refractivity contribution in [2.24, 2.45) is 12.5 Å². The lowest BCUT2D eigenvalue weighted by Crippen LogP contribution is -2.56. The third-order valence-corrected chi connectivity index (χ3v) is 5.97. The Morgan fingerprint density at radius 3 is 2.54 bits per heavy atom. The highest BCUT2D eigenvalue weighted by Crippen LogP contribution is 2.41. The number of rotatable bonds is 3. The van der Waals surface area contributed by atoms with Gasteiger partial charge in [-0.05, 0) is 51.3 Å². The second kappa shape index (κ2) is 6.88. The number of aryl methyl sites for hydroxylation is 2. The molecule has 26 heavy (non-hydrogen) atoms. The molecule has 0 radical (unpaired) electrons. The van der Waals surface area contributed by atoms with Crippen LogP contribution in [0.15, 0.2) is 36.5 Å². The molecular formula is C21H28N4O. The number of benzene rings is 1. The SMILES string of the molecule is Cc1nn(C)cc1CN1CCCC2(CCCN(c3ccccc3)C2=O)C1. The fourth-order valence-corrected chi connectivity index (χ4v) is 4.71. The monoisotopic (exact) mass is 352 g/mol. The molecule has 2 aliphatic heterocycles. The largest absolute Gasteiger partial charge is 0.312 e. The number of likely N-dealkylation sites (tertiary alicyclic amines) is 1. The minimum Gasteiger partial charge on any atom is -0.312 e. The number of amides is 1. The summed E-state index contributed by atoms with van der Waals surface area (Å²) in [6, 6.07) is 10.1. The fourth-order valence-electron chi connectivity index (χ4n) is 4.71. The Balaban J connectivity index is 1.53. The number of carbonyl (C=O) groups excluding carboxylic acids is 1. The van der Waals surface area contributed by atoms with Crippen molar-refractivity contribution in [3.05, 3.63) is 47.8 Å². The molecule has 5 heteroatoms. The summed E-state index contributed by atoms with van der Waals surface area (Å²) in [4.78, 5) is 17.9. The van der Waals surface area contributed by atoms with Gasteiger partial charge in [0.2, 0.25) is 5.91 Å². The van der Waals surface area contributed by atoms with Gasteiger partial charge >= 0.3 is 0 Å². The molecule has 0 N–H and O–H groups in total. The molecule has 1 aromatic heterocycles. The Labute approximate surface area is 155 Å². The summed E-state index contributed by atoms with van der Waals surface area (Å²) in [5, 5.41) is 4.46. The average Bonchev–Trinajstić information content (AvgIpc) is 2.96. The van der Waals surface area contributed by atoms with Gasteiger partial charge in [0.25, 0.3) is 0 Å². The van der Waals surface area contributed by atoms with Crippen molar-refractivity contribution in [1.82, 2.24) is 14.7 Å². The number of aromatic nitrogens is 2. The predicted molar refractivity (Wildman–Crippen MR) is 103 cm³/mol. The number of carbonyl (C=O) groups is 1. The standard InChI is InChI=1S/C21H28N4O/c1-17-18(14-23(2)22-17)15-24-12-6-10-21(16-24)11-7-13-25(20(21)26)19-8-4-3-5-9-19/h3-5,8-9,14H,6-7,10-13,15-16H2,1-2H3. The van der Waals surface area contributed by atoms with Crippen LogP contribution in [0.2, 0.25) is 0 Å². The van der Waals surface area contributed by atoms with E-state index in [1.165, 1.54) is 5.56 Å². The third kappa shape index (κ3) is 3.16. The fraction of sp³-hybridized carbons (Fsp3) is 0.524. The minimum absolute atomic E-state index is 0.220. The highest BCUT2D eigenvalue weighted by atomic mass is 16.2. The van der Waals surface area contributed by atoms with Crippen molar-refractivity contribution in [3.8, 4) is 0 Å². The van der Waals surface area contributed by atoms with Crippen LogP contribution < -0.4 is 4.90 Å². The van der Waals surface area contributed by atoms with Crippen molar-refractivity contribution >= 4 is 11.6 Å². The highest BCUT2D eigenvalue weighted by Gasteiger charge is 2.46. The quantitative estimate of drug-likeness (QED) is 0.852. The molecule has 0 saturated carbocycles. The molecule has 1 unspecified atom stereocenters. The van der Waals surface area contributed by atoms with Crippen LogP contribution in [0.1, 0.15) is 36.9 Å². The second-order valence-electron chi connectivity index (χ2n) is 7.90. The summed E-state index contributed by atoms with van der Waals surface area (Å²) < 4.78 is 1.88. The van der Waals surface area contributed by atoms with Crippen molar-refractivity contribution in [2.75, 3.05) is 24.5 Å². The summed E-state index contributed by atoms with van der Waals surface area (Å²) in [5.74, 6) is 0.322. The van der Waals surface area contributed by atoms with Crippen LogP contribution >= 0.6 is 0 Å². The van der Waals surface area contributed by atoms with Gasteiger partial charge in [0.15, 0.2) is 0 Å². The van der Waals surface area contributed by atoms with Crippen molar-refractivity contribution < 1.29 is 4.79 Å². The van der Waals surface area contributed by atoms with Gasteiger partial charge in [0.1, 0.15) is 0 Å². The topological polar surface area (TPSA) is 41.4 Å². The molecule has 2 saturated heterocycles. The van der Waals surface area contributed by atoms with Gasteiger partial charge in [-0.2, -0.15) is 5.10 Å². The zero-order chi connectivity index (χ0) is 18.1. The maximum atomic E-state index is 13.5. The van der Waals surface area contributed by atoms with E-state index in [4.69, 9.17) is 0 Å².